The third-order valence-electron chi connectivity index (χ3n) is 13.5. The van der Waals surface area contributed by atoms with Crippen molar-refractivity contribution in [3.63, 3.8) is 0 Å². The molecule has 0 amide bonds. The highest BCUT2D eigenvalue weighted by atomic mass is 16.7. The van der Waals surface area contributed by atoms with E-state index >= 15 is 0 Å². The lowest BCUT2D eigenvalue weighted by Crippen LogP contribution is -2.70. The largest absolute Gasteiger partial charge is 0.458 e. The second kappa shape index (κ2) is 11.5. The van der Waals surface area contributed by atoms with Gasteiger partial charge in [0.25, 0.3) is 0 Å². The van der Waals surface area contributed by atoms with Crippen LogP contribution in [0.1, 0.15) is 106 Å². The summed E-state index contributed by atoms with van der Waals surface area (Å²) in [5.74, 6) is -1.30. The van der Waals surface area contributed by atoms with Crippen LogP contribution < -0.4 is 0 Å². The third-order valence-corrected chi connectivity index (χ3v) is 13.5. The molecular weight excluding hydrogens is 580 g/mol. The Kier molecular flexibility index (Phi) is 8.54. The zero-order chi connectivity index (χ0) is 32.7. The number of rotatable bonds is 8. The number of methoxy groups -OCH3 is 1. The number of esters is 2. The Morgan fingerprint density at radius 3 is 2.36 bits per heavy atom. The van der Waals surface area contributed by atoms with E-state index in [0.29, 0.717) is 19.3 Å². The van der Waals surface area contributed by atoms with Gasteiger partial charge in [0.05, 0.1) is 24.2 Å². The molecule has 254 valence electrons. The van der Waals surface area contributed by atoms with E-state index < -0.39 is 47.2 Å². The molecule has 45 heavy (non-hydrogen) atoms. The fourth-order valence-electron chi connectivity index (χ4n) is 11.1. The van der Waals surface area contributed by atoms with Gasteiger partial charge in [-0.25, -0.2) is 0 Å². The van der Waals surface area contributed by atoms with Gasteiger partial charge in [0.15, 0.2) is 6.29 Å². The van der Waals surface area contributed by atoms with Crippen LogP contribution in [-0.4, -0.2) is 84.1 Å². The molecule has 2 saturated heterocycles. The number of aliphatic hydroxyl groups excluding tert-OH is 1. The van der Waals surface area contributed by atoms with Crippen LogP contribution in [-0.2, 0) is 42.8 Å². The van der Waals surface area contributed by atoms with E-state index in [9.17, 15) is 19.5 Å². The summed E-state index contributed by atoms with van der Waals surface area (Å²) in [4.78, 5) is 39.5. The molecule has 0 aromatic heterocycles. The molecule has 6 aliphatic rings. The number of hydrogen-bond donors (Lipinski definition) is 1. The summed E-state index contributed by atoms with van der Waals surface area (Å²) < 4.78 is 37.8. The monoisotopic (exact) mass is 634 g/mol. The van der Waals surface area contributed by atoms with Crippen molar-refractivity contribution in [3.8, 4) is 0 Å². The standard InChI is InChI=1S/C35H54O10/c1-9-18(2)31(39)44-28-29-32(6)13-11-23(43-26-17-25(38)27(40-8)20(4)41-26)16-22(32)10-14-34(29)35(45-34)15-12-24(19(3)36)33(35,7)30(28)42-21(5)37/h18,20,22-30,38H,9-17H2,1-8H3/t18?,20-,22+,23+,24-,25+,26+,27-,28+,29-,30-,32+,33+,34+,35-/m1/s1. The summed E-state index contributed by atoms with van der Waals surface area (Å²) in [6.45, 7) is 13.1. The zero-order valence-electron chi connectivity index (χ0n) is 28.3. The van der Waals surface area contributed by atoms with E-state index in [1.54, 1.807) is 14.0 Å². The average molecular weight is 635 g/mol. The van der Waals surface area contributed by atoms with E-state index in [2.05, 4.69) is 6.92 Å². The SMILES string of the molecule is CCC(C)C(=O)O[C@@H]1[C@@H](OC(C)=O)[C@]2(C)[C@@H](C(C)=O)CC[C@@]23O[C@]32CC[C@H]3C[C@@H](O[C@H]4C[C@H](O)[C@H](OC)[C@@H](C)O4)CC[C@]3(C)[C@@H]12. The summed E-state index contributed by atoms with van der Waals surface area (Å²) in [7, 11) is 1.58. The van der Waals surface area contributed by atoms with Gasteiger partial charge >= 0.3 is 11.9 Å². The summed E-state index contributed by atoms with van der Waals surface area (Å²) >= 11 is 0. The number of epoxide rings is 1. The minimum absolute atomic E-state index is 0.0393. The lowest BCUT2D eigenvalue weighted by molar-refractivity contribution is -0.274. The molecule has 10 nitrogen and oxygen atoms in total. The molecule has 1 unspecified atom stereocenters. The van der Waals surface area contributed by atoms with Crippen molar-refractivity contribution < 1.29 is 47.9 Å². The molecule has 2 spiro atoms. The number of hydrogen-bond acceptors (Lipinski definition) is 10. The van der Waals surface area contributed by atoms with Crippen LogP contribution >= 0.6 is 0 Å². The van der Waals surface area contributed by atoms with Gasteiger partial charge in [-0.1, -0.05) is 27.7 Å². The van der Waals surface area contributed by atoms with Crippen molar-refractivity contribution >= 4 is 17.7 Å². The number of Topliss-reactive ketones (excluding diaryl/α,β-unsaturated/α-hetero) is 1. The van der Waals surface area contributed by atoms with Crippen LogP contribution in [0.3, 0.4) is 0 Å². The minimum Gasteiger partial charge on any atom is -0.458 e. The first kappa shape index (κ1) is 33.3. The first-order chi connectivity index (χ1) is 21.2. The minimum atomic E-state index is -0.805. The second-order valence-electron chi connectivity index (χ2n) is 15.6. The van der Waals surface area contributed by atoms with E-state index in [-0.39, 0.29) is 59.2 Å². The van der Waals surface area contributed by atoms with Crippen molar-refractivity contribution in [1.82, 2.24) is 0 Å². The highest BCUT2D eigenvalue weighted by Gasteiger charge is 2.91. The van der Waals surface area contributed by atoms with Gasteiger partial charge < -0.3 is 33.5 Å². The van der Waals surface area contributed by atoms with Crippen LogP contribution in [0.2, 0.25) is 0 Å². The highest BCUT2D eigenvalue weighted by molar-refractivity contribution is 5.81. The quantitative estimate of drug-likeness (QED) is 0.231. The van der Waals surface area contributed by atoms with Crippen molar-refractivity contribution in [1.29, 1.82) is 0 Å². The van der Waals surface area contributed by atoms with Gasteiger partial charge in [0.1, 0.15) is 35.3 Å². The maximum absolute atomic E-state index is 13.6. The van der Waals surface area contributed by atoms with Crippen LogP contribution in [0.15, 0.2) is 0 Å². The number of aliphatic hydroxyl groups is 1. The molecule has 0 bridgehead atoms. The maximum atomic E-state index is 13.6. The fraction of sp³-hybridized carbons (Fsp3) is 0.914. The van der Waals surface area contributed by atoms with Gasteiger partial charge in [-0.3, -0.25) is 14.4 Å². The number of ketones is 1. The lowest BCUT2D eigenvalue weighted by Gasteiger charge is -2.61. The lowest BCUT2D eigenvalue weighted by atomic mass is 9.43. The van der Waals surface area contributed by atoms with Crippen LogP contribution in [0, 0.1) is 34.5 Å². The Morgan fingerprint density at radius 1 is 1.00 bits per heavy atom. The number of fused-ring (bicyclic) bond motifs is 2. The predicted molar refractivity (Wildman–Crippen MR) is 162 cm³/mol. The van der Waals surface area contributed by atoms with Crippen molar-refractivity contribution in [3.05, 3.63) is 0 Å². The molecule has 0 radical (unpaired) electrons. The summed E-state index contributed by atoms with van der Waals surface area (Å²) in [6, 6.07) is 0. The van der Waals surface area contributed by atoms with E-state index in [1.165, 1.54) is 6.92 Å². The van der Waals surface area contributed by atoms with Crippen molar-refractivity contribution in [2.45, 2.75) is 160 Å². The van der Waals surface area contributed by atoms with Gasteiger partial charge in [-0.15, -0.1) is 0 Å². The molecule has 1 N–H and O–H groups in total. The summed E-state index contributed by atoms with van der Waals surface area (Å²) in [5, 5.41) is 10.6. The van der Waals surface area contributed by atoms with Gasteiger partial charge in [-0.2, -0.15) is 0 Å². The Balaban J connectivity index is 1.33. The van der Waals surface area contributed by atoms with Gasteiger partial charge in [0, 0.05) is 37.7 Å². The Morgan fingerprint density at radius 2 is 1.73 bits per heavy atom. The molecule has 10 heteroatoms. The van der Waals surface area contributed by atoms with Gasteiger partial charge in [-0.05, 0) is 76.5 Å². The fourth-order valence-corrected chi connectivity index (χ4v) is 11.1. The van der Waals surface area contributed by atoms with Crippen molar-refractivity contribution in [2.24, 2.45) is 34.5 Å². The molecule has 15 atom stereocenters. The van der Waals surface area contributed by atoms with Gasteiger partial charge in [0.2, 0.25) is 0 Å². The number of ether oxygens (including phenoxy) is 6. The first-order valence-electron chi connectivity index (χ1n) is 17.3. The van der Waals surface area contributed by atoms with E-state index in [4.69, 9.17) is 28.4 Å². The summed E-state index contributed by atoms with van der Waals surface area (Å²) in [6.07, 6.45) is 3.12. The van der Waals surface area contributed by atoms with Crippen LogP contribution in [0.4, 0.5) is 0 Å². The summed E-state index contributed by atoms with van der Waals surface area (Å²) in [5.41, 5.74) is -2.25. The highest BCUT2D eigenvalue weighted by Crippen LogP contribution is 2.81. The topological polar surface area (TPSA) is 130 Å². The molecule has 6 fully saturated rings. The van der Waals surface area contributed by atoms with E-state index in [0.717, 1.165) is 38.5 Å². The van der Waals surface area contributed by atoms with Crippen LogP contribution in [0.25, 0.3) is 0 Å². The molecule has 2 heterocycles. The molecule has 2 aliphatic heterocycles. The smallest absolute Gasteiger partial charge is 0.309 e. The molecule has 4 saturated carbocycles. The Hall–Kier alpha value is -1.59. The maximum Gasteiger partial charge on any atom is 0.309 e. The normalized spacial score (nSPS) is 50.7. The molecule has 0 aromatic rings. The molecular formula is C35H54O10. The third kappa shape index (κ3) is 4.78. The number of carbonyl (C=O) groups is 3. The average Bonchev–Trinajstić information content (AvgIpc) is 3.52. The second-order valence-corrected chi connectivity index (χ2v) is 15.6. The molecule has 6 rings (SSSR count). The first-order valence-corrected chi connectivity index (χ1v) is 17.3. The number of carbonyl (C=O) groups excluding carboxylic acids is 3. The Labute approximate surface area is 267 Å². The van der Waals surface area contributed by atoms with Crippen LogP contribution in [0.5, 0.6) is 0 Å². The Bertz CT molecular complexity index is 1180. The van der Waals surface area contributed by atoms with E-state index in [1.807, 2.05) is 27.7 Å². The zero-order valence-corrected chi connectivity index (χ0v) is 28.3. The molecule has 0 aromatic carbocycles. The van der Waals surface area contributed by atoms with Crippen molar-refractivity contribution in [2.75, 3.05) is 7.11 Å². The molecule has 4 aliphatic carbocycles. The predicted octanol–water partition coefficient (Wildman–Crippen LogP) is 4.52.